The van der Waals surface area contributed by atoms with Crippen molar-refractivity contribution in [3.05, 3.63) is 88.8 Å². The molecule has 8 aliphatic rings. The lowest BCUT2D eigenvalue weighted by molar-refractivity contribution is -0.213. The summed E-state index contributed by atoms with van der Waals surface area (Å²) in [5.41, 5.74) is 2.51. The molecule has 0 bridgehead atoms. The van der Waals surface area contributed by atoms with Crippen molar-refractivity contribution in [2.75, 3.05) is 19.8 Å². The third kappa shape index (κ3) is 10.9. The number of hydroxylamine groups is 6. The molecule has 0 N–H and O–H groups in total. The molecule has 0 aromatic carbocycles. The van der Waals surface area contributed by atoms with Crippen molar-refractivity contribution in [3.63, 3.8) is 0 Å². The molecule has 0 radical (unpaired) electrons. The molecular weight excluding hydrogens is 954 g/mol. The Hall–Kier alpha value is -6.14. The molecule has 3 amide bonds. The number of pyridine rings is 3. The first-order valence-electron chi connectivity index (χ1n) is 25.4. The first-order chi connectivity index (χ1) is 35.1. The number of rotatable bonds is 14. The minimum atomic E-state index is -4.62. The van der Waals surface area contributed by atoms with Crippen LogP contribution >= 0.6 is 0 Å². The lowest BCUT2D eigenvalue weighted by atomic mass is 9.72. The maximum atomic E-state index is 13.8. The van der Waals surface area contributed by atoms with Gasteiger partial charge in [-0.2, -0.15) is 29.0 Å². The number of carbonyl (C=O) groups excluding carboxylic acids is 3. The molecule has 0 spiro atoms. The van der Waals surface area contributed by atoms with Gasteiger partial charge >= 0.3 is 6.18 Å². The van der Waals surface area contributed by atoms with Gasteiger partial charge in [0.05, 0.1) is 65.5 Å². The van der Waals surface area contributed by atoms with Gasteiger partial charge < -0.3 is 0 Å². The number of hydrogen-bond donors (Lipinski definition) is 0. The zero-order valence-corrected chi connectivity index (χ0v) is 40.6. The van der Waals surface area contributed by atoms with E-state index in [9.17, 15) is 36.3 Å². The maximum Gasteiger partial charge on any atom is 0.400 e. The largest absolute Gasteiger partial charge is 0.400 e. The summed E-state index contributed by atoms with van der Waals surface area (Å²) >= 11 is 0. The Morgan fingerprint density at radius 2 is 0.932 bits per heavy atom. The molecule has 15 nitrogen and oxygen atoms in total. The topological polar surface area (TPSA) is 199 Å². The second-order valence-electron chi connectivity index (χ2n) is 20.7. The molecule has 3 saturated heterocycles. The Kier molecular flexibility index (Phi) is 15.2. The van der Waals surface area contributed by atoms with E-state index < -0.39 is 35.9 Å². The van der Waals surface area contributed by atoms with Crippen molar-refractivity contribution < 1.29 is 50.8 Å². The van der Waals surface area contributed by atoms with Crippen LogP contribution in [0.25, 0.3) is 0 Å². The fourth-order valence-electron chi connectivity index (χ4n) is 11.7. The highest BCUT2D eigenvalue weighted by Crippen LogP contribution is 2.68. The van der Waals surface area contributed by atoms with Gasteiger partial charge in [0, 0.05) is 62.9 Å². The Bertz CT molecular complexity index is 2610. The summed E-state index contributed by atoms with van der Waals surface area (Å²) in [4.78, 5) is 68.1. The van der Waals surface area contributed by atoms with E-state index in [4.69, 9.17) is 30.3 Å². The van der Waals surface area contributed by atoms with Crippen LogP contribution in [-0.4, -0.2) is 80.3 Å². The fourth-order valence-corrected chi connectivity index (χ4v) is 11.7. The molecular formula is C53H58F5N9O6. The highest BCUT2D eigenvalue weighted by atomic mass is 19.4. The molecule has 5 aliphatic carbocycles. The summed E-state index contributed by atoms with van der Waals surface area (Å²) in [7, 11) is 0. The van der Waals surface area contributed by atoms with Crippen molar-refractivity contribution >= 4 is 17.7 Å². The van der Waals surface area contributed by atoms with Gasteiger partial charge in [-0.1, -0.05) is 0 Å². The van der Waals surface area contributed by atoms with Crippen LogP contribution in [0, 0.1) is 80.3 Å². The monoisotopic (exact) mass is 1010 g/mol. The van der Waals surface area contributed by atoms with Crippen LogP contribution in [0.1, 0.15) is 155 Å². The molecule has 4 atom stereocenters. The molecule has 73 heavy (non-hydrogen) atoms. The summed E-state index contributed by atoms with van der Waals surface area (Å²) < 4.78 is 63.9. The van der Waals surface area contributed by atoms with E-state index in [0.29, 0.717) is 60.5 Å². The van der Waals surface area contributed by atoms with E-state index in [1.807, 2.05) is 12.1 Å². The third-order valence-corrected chi connectivity index (χ3v) is 15.9. The fraction of sp³-hybridized carbons (Fsp3) is 0.604. The highest BCUT2D eigenvalue weighted by molar-refractivity contribution is 5.85. The summed E-state index contributed by atoms with van der Waals surface area (Å²) in [6.07, 6.45) is 14.8. The number of alkyl halides is 5. The molecule has 8 fully saturated rings. The smallest absolute Gasteiger partial charge is 0.272 e. The van der Waals surface area contributed by atoms with Crippen LogP contribution < -0.4 is 0 Å². The number of nitrogens with zero attached hydrogens (tertiary/aromatic N) is 9. The van der Waals surface area contributed by atoms with Gasteiger partial charge in [-0.25, -0.2) is 24.0 Å². The minimum absolute atomic E-state index is 0.107. The summed E-state index contributed by atoms with van der Waals surface area (Å²) in [5.74, 6) is -1.15. The Morgan fingerprint density at radius 3 is 1.27 bits per heavy atom. The Morgan fingerprint density at radius 1 is 0.575 bits per heavy atom. The molecule has 386 valence electrons. The Labute approximate surface area is 420 Å². The number of halogens is 5. The van der Waals surface area contributed by atoms with Crippen molar-refractivity contribution in [1.82, 2.24) is 30.1 Å². The van der Waals surface area contributed by atoms with Gasteiger partial charge in [-0.05, 0) is 142 Å². The normalized spacial score (nSPS) is 23.3. The van der Waals surface area contributed by atoms with E-state index in [1.54, 1.807) is 29.7 Å². The standard InChI is InChI=1S/C20H23F2N3O2.C20H23N3O2.C13H12F3N3O2/c21-18(22)5-7-20(15-1-2-15,16-3-4-16)19(26)25-17(6-8-27-25)14-9-13(10-23)11-24-12-14;21-10-13-9-14(12-22-11-13)18-7-8-25-23(18)19(24)20(15-1-2-15,16-3-4-16)17-5-6-17;1-8(13(14,15)16)12(20)19-11(2-3-21-19)10-4-9(5-17)6-18-7-10/h9,11-12,15-18H,1-8H2;9,11-12,15-18H,1-8H2;4,6-8,11H,2-3H2,1H3/t17-;18-;8?,11-/m000/s1. The number of amides is 3. The average molecular weight is 1010 g/mol. The van der Waals surface area contributed by atoms with E-state index in [-0.39, 0.29) is 66.2 Å². The zero-order chi connectivity index (χ0) is 51.7. The van der Waals surface area contributed by atoms with E-state index in [2.05, 4.69) is 27.1 Å². The van der Waals surface area contributed by atoms with Gasteiger partial charge in [-0.15, -0.1) is 0 Å². The van der Waals surface area contributed by atoms with Gasteiger partial charge in [-0.3, -0.25) is 43.8 Å². The van der Waals surface area contributed by atoms with Crippen molar-refractivity contribution in [1.29, 1.82) is 15.8 Å². The summed E-state index contributed by atoms with van der Waals surface area (Å²) in [6.45, 7) is 1.89. The van der Waals surface area contributed by atoms with Gasteiger partial charge in [0.2, 0.25) is 6.43 Å². The highest BCUT2D eigenvalue weighted by Gasteiger charge is 2.67. The predicted octanol–water partition coefficient (Wildman–Crippen LogP) is 9.74. The number of carbonyl (C=O) groups is 3. The zero-order valence-electron chi connectivity index (χ0n) is 40.6. The van der Waals surface area contributed by atoms with Crippen LogP contribution in [0.15, 0.2) is 55.4 Å². The lowest BCUT2D eigenvalue weighted by Gasteiger charge is -2.38. The number of nitriles is 3. The van der Waals surface area contributed by atoms with Crippen molar-refractivity contribution in [2.45, 2.75) is 134 Å². The lowest BCUT2D eigenvalue weighted by Crippen LogP contribution is -2.47. The summed E-state index contributed by atoms with van der Waals surface area (Å²) in [6, 6.07) is 10.1. The van der Waals surface area contributed by atoms with Gasteiger partial charge in [0.1, 0.15) is 24.1 Å². The molecule has 6 heterocycles. The van der Waals surface area contributed by atoms with Crippen LogP contribution in [0.3, 0.4) is 0 Å². The van der Waals surface area contributed by atoms with Crippen molar-refractivity contribution in [3.8, 4) is 18.2 Å². The molecule has 20 heteroatoms. The van der Waals surface area contributed by atoms with Gasteiger partial charge in [0.25, 0.3) is 17.7 Å². The average Bonchev–Trinajstić information content (AvgIpc) is 4.12. The molecule has 3 aliphatic heterocycles. The van der Waals surface area contributed by atoms with Crippen LogP contribution in [0.5, 0.6) is 0 Å². The second-order valence-corrected chi connectivity index (χ2v) is 20.7. The number of aromatic nitrogens is 3. The quantitative estimate of drug-likeness (QED) is 0.139. The third-order valence-electron chi connectivity index (χ3n) is 15.9. The first kappa shape index (κ1) is 51.7. The molecule has 3 aromatic rings. The second kappa shape index (κ2) is 21.4. The van der Waals surface area contributed by atoms with E-state index in [1.165, 1.54) is 68.2 Å². The van der Waals surface area contributed by atoms with Gasteiger partial charge in [0.15, 0.2) is 0 Å². The van der Waals surface area contributed by atoms with Crippen LogP contribution in [-0.2, 0) is 28.9 Å². The van der Waals surface area contributed by atoms with E-state index >= 15 is 0 Å². The molecule has 3 aromatic heterocycles. The molecule has 11 rings (SSSR count). The summed E-state index contributed by atoms with van der Waals surface area (Å²) in [5, 5.41) is 30.9. The molecule has 1 unspecified atom stereocenters. The molecule has 5 saturated carbocycles. The number of hydrogen-bond acceptors (Lipinski definition) is 12. The Balaban J connectivity index is 0.000000136. The predicted molar refractivity (Wildman–Crippen MR) is 246 cm³/mol. The van der Waals surface area contributed by atoms with Crippen LogP contribution in [0.4, 0.5) is 22.0 Å². The van der Waals surface area contributed by atoms with Crippen LogP contribution in [0.2, 0.25) is 0 Å². The minimum Gasteiger partial charge on any atom is -0.272 e. The van der Waals surface area contributed by atoms with Crippen molar-refractivity contribution in [2.24, 2.45) is 46.3 Å². The maximum absolute atomic E-state index is 13.8. The first-order valence-corrected chi connectivity index (χ1v) is 25.4. The SMILES string of the molecule is CC(C(=O)N1OCC[C@H]1c1cncc(C#N)c1)C(F)(F)F.N#Cc1cncc([C@@H]2CCON2C(=O)C(C2CC2)(C2CC2)C2CC2)c1.N#Cc1cncc([C@@H]2CCON2C(=O)C(CCC(F)F)(C2CC2)C2CC2)c1. The van der Waals surface area contributed by atoms with E-state index in [0.717, 1.165) is 55.2 Å².